The lowest BCUT2D eigenvalue weighted by atomic mass is 10.2. The zero-order valence-electron chi connectivity index (χ0n) is 13.0. The molecule has 6 heteroatoms. The summed E-state index contributed by atoms with van der Waals surface area (Å²) >= 11 is 0. The van der Waals surface area contributed by atoms with Gasteiger partial charge in [0.2, 0.25) is 10.0 Å². The van der Waals surface area contributed by atoms with Crippen LogP contribution in [0.15, 0.2) is 17.2 Å². The van der Waals surface area contributed by atoms with Gasteiger partial charge in [-0.05, 0) is 25.8 Å². The highest BCUT2D eigenvalue weighted by Gasteiger charge is 2.26. The maximum atomic E-state index is 12.6. The molecule has 1 atom stereocenters. The van der Waals surface area contributed by atoms with E-state index < -0.39 is 10.0 Å². The Bertz CT molecular complexity index is 523. The van der Waals surface area contributed by atoms with E-state index in [4.69, 9.17) is 5.73 Å². The van der Waals surface area contributed by atoms with Crippen molar-refractivity contribution in [2.75, 3.05) is 7.05 Å². The smallest absolute Gasteiger partial charge is 0.244 e. The Balaban J connectivity index is 3.09. The molecular weight excluding hydrogens is 274 g/mol. The molecule has 0 fully saturated rings. The summed E-state index contributed by atoms with van der Waals surface area (Å²) in [7, 11) is -1.79. The van der Waals surface area contributed by atoms with Crippen molar-refractivity contribution in [1.82, 2.24) is 8.87 Å². The Morgan fingerprint density at radius 2 is 2.00 bits per heavy atom. The lowest BCUT2D eigenvalue weighted by molar-refractivity contribution is 0.368. The third-order valence-electron chi connectivity index (χ3n) is 3.64. The number of aryl methyl sites for hydroxylation is 1. The third kappa shape index (κ3) is 3.62. The number of hydrogen-bond acceptors (Lipinski definition) is 3. The molecule has 0 aliphatic rings. The molecule has 20 heavy (non-hydrogen) atoms. The Morgan fingerprint density at radius 1 is 1.35 bits per heavy atom. The SMILES string of the molecule is CCCC(C)N(C)S(=O)(=O)c1cc(CN)n(CCC)c1. The first kappa shape index (κ1) is 17.2. The second-order valence-corrected chi connectivity index (χ2v) is 7.22. The summed E-state index contributed by atoms with van der Waals surface area (Å²) in [5, 5.41) is 0. The Kier molecular flexibility index (Phi) is 6.23. The van der Waals surface area contributed by atoms with Crippen LogP contribution in [0.1, 0.15) is 45.7 Å². The van der Waals surface area contributed by atoms with Crippen molar-refractivity contribution in [3.05, 3.63) is 18.0 Å². The van der Waals surface area contributed by atoms with Crippen LogP contribution >= 0.6 is 0 Å². The van der Waals surface area contributed by atoms with E-state index in [9.17, 15) is 8.42 Å². The lowest BCUT2D eigenvalue weighted by Gasteiger charge is -2.23. The summed E-state index contributed by atoms with van der Waals surface area (Å²) in [5.74, 6) is 0. The van der Waals surface area contributed by atoms with Crippen LogP contribution in [0, 0.1) is 0 Å². The molecule has 0 spiro atoms. The molecule has 0 saturated heterocycles. The minimum atomic E-state index is -3.43. The maximum absolute atomic E-state index is 12.6. The van der Waals surface area contributed by atoms with Crippen molar-refractivity contribution in [3.63, 3.8) is 0 Å². The predicted molar refractivity (Wildman–Crippen MR) is 81.9 cm³/mol. The van der Waals surface area contributed by atoms with Crippen molar-refractivity contribution >= 4 is 10.0 Å². The van der Waals surface area contributed by atoms with E-state index in [1.54, 1.807) is 19.3 Å². The molecule has 0 saturated carbocycles. The van der Waals surface area contributed by atoms with Gasteiger partial charge in [-0.25, -0.2) is 8.42 Å². The zero-order chi connectivity index (χ0) is 15.3. The van der Waals surface area contributed by atoms with Crippen LogP contribution in [-0.2, 0) is 23.1 Å². The molecule has 1 rings (SSSR count). The van der Waals surface area contributed by atoms with Crippen LogP contribution in [-0.4, -0.2) is 30.4 Å². The van der Waals surface area contributed by atoms with E-state index in [-0.39, 0.29) is 6.04 Å². The molecule has 0 radical (unpaired) electrons. The fourth-order valence-electron chi connectivity index (χ4n) is 2.29. The average Bonchev–Trinajstić information content (AvgIpc) is 2.82. The number of rotatable bonds is 8. The number of sulfonamides is 1. The van der Waals surface area contributed by atoms with Crippen LogP contribution in [0.5, 0.6) is 0 Å². The lowest BCUT2D eigenvalue weighted by Crippen LogP contribution is -2.34. The largest absolute Gasteiger partial charge is 0.349 e. The van der Waals surface area contributed by atoms with Crippen LogP contribution in [0.4, 0.5) is 0 Å². The van der Waals surface area contributed by atoms with Crippen LogP contribution in [0.25, 0.3) is 0 Å². The highest BCUT2D eigenvalue weighted by Crippen LogP contribution is 2.21. The standard InChI is InChI=1S/C14H27N3O2S/c1-5-7-12(3)16(4)20(18,19)14-9-13(10-15)17(11-14)8-6-2/h9,11-12H,5-8,10,15H2,1-4H3. The van der Waals surface area contributed by atoms with E-state index in [0.29, 0.717) is 11.4 Å². The maximum Gasteiger partial charge on any atom is 0.244 e. The quantitative estimate of drug-likeness (QED) is 0.800. The Morgan fingerprint density at radius 3 is 2.50 bits per heavy atom. The van der Waals surface area contributed by atoms with Gasteiger partial charge < -0.3 is 10.3 Å². The Labute approximate surface area is 122 Å². The minimum Gasteiger partial charge on any atom is -0.349 e. The molecule has 5 nitrogen and oxygen atoms in total. The molecule has 1 aromatic rings. The molecule has 1 heterocycles. The summed E-state index contributed by atoms with van der Waals surface area (Å²) in [6.45, 7) is 7.19. The van der Waals surface area contributed by atoms with Crippen molar-refractivity contribution in [1.29, 1.82) is 0 Å². The second kappa shape index (κ2) is 7.24. The van der Waals surface area contributed by atoms with E-state index in [1.165, 1.54) is 4.31 Å². The van der Waals surface area contributed by atoms with Gasteiger partial charge in [0.15, 0.2) is 0 Å². The molecule has 1 aromatic heterocycles. The van der Waals surface area contributed by atoms with E-state index in [0.717, 1.165) is 31.5 Å². The second-order valence-electron chi connectivity index (χ2n) is 5.22. The van der Waals surface area contributed by atoms with Crippen LogP contribution < -0.4 is 5.73 Å². The molecule has 0 aliphatic heterocycles. The molecular formula is C14H27N3O2S. The molecule has 0 aromatic carbocycles. The molecule has 0 amide bonds. The topological polar surface area (TPSA) is 68.3 Å². The normalized spacial score (nSPS) is 13.9. The van der Waals surface area contributed by atoms with Crippen molar-refractivity contribution in [2.24, 2.45) is 5.73 Å². The van der Waals surface area contributed by atoms with Gasteiger partial charge in [-0.2, -0.15) is 4.31 Å². The fourth-order valence-corrected chi connectivity index (χ4v) is 3.75. The van der Waals surface area contributed by atoms with Crippen molar-refractivity contribution < 1.29 is 8.42 Å². The molecule has 1 unspecified atom stereocenters. The van der Waals surface area contributed by atoms with Gasteiger partial charge in [-0.1, -0.05) is 20.3 Å². The van der Waals surface area contributed by atoms with E-state index in [1.807, 2.05) is 11.5 Å². The van der Waals surface area contributed by atoms with Gasteiger partial charge >= 0.3 is 0 Å². The first-order valence-electron chi connectivity index (χ1n) is 7.25. The number of nitrogens with two attached hydrogens (primary N) is 1. The summed E-state index contributed by atoms with van der Waals surface area (Å²) in [6, 6.07) is 1.70. The van der Waals surface area contributed by atoms with Gasteiger partial charge in [0, 0.05) is 38.1 Å². The van der Waals surface area contributed by atoms with Gasteiger partial charge in [0.25, 0.3) is 0 Å². The summed E-state index contributed by atoms with van der Waals surface area (Å²) in [5.41, 5.74) is 6.55. The summed E-state index contributed by atoms with van der Waals surface area (Å²) in [4.78, 5) is 0.344. The number of nitrogens with zero attached hydrogens (tertiary/aromatic N) is 2. The van der Waals surface area contributed by atoms with Gasteiger partial charge in [0.05, 0.1) is 0 Å². The fraction of sp³-hybridized carbons (Fsp3) is 0.714. The highest BCUT2D eigenvalue weighted by atomic mass is 32.2. The van der Waals surface area contributed by atoms with Gasteiger partial charge in [-0.3, -0.25) is 0 Å². The number of hydrogen-bond donors (Lipinski definition) is 1. The average molecular weight is 301 g/mol. The monoisotopic (exact) mass is 301 g/mol. The number of aromatic nitrogens is 1. The van der Waals surface area contributed by atoms with Crippen molar-refractivity contribution in [3.8, 4) is 0 Å². The highest BCUT2D eigenvalue weighted by molar-refractivity contribution is 7.89. The van der Waals surface area contributed by atoms with E-state index >= 15 is 0 Å². The summed E-state index contributed by atoms with van der Waals surface area (Å²) in [6.07, 6.45) is 4.47. The molecule has 0 bridgehead atoms. The van der Waals surface area contributed by atoms with Crippen LogP contribution in [0.3, 0.4) is 0 Å². The van der Waals surface area contributed by atoms with Crippen molar-refractivity contribution in [2.45, 2.75) is 64.1 Å². The Hall–Kier alpha value is -0.850. The first-order chi connectivity index (χ1) is 9.38. The third-order valence-corrected chi connectivity index (χ3v) is 5.58. The zero-order valence-corrected chi connectivity index (χ0v) is 13.8. The molecule has 0 aliphatic carbocycles. The molecule has 2 N–H and O–H groups in total. The van der Waals surface area contributed by atoms with E-state index in [2.05, 4.69) is 13.8 Å². The first-order valence-corrected chi connectivity index (χ1v) is 8.69. The van der Waals surface area contributed by atoms with Crippen LogP contribution in [0.2, 0.25) is 0 Å². The minimum absolute atomic E-state index is 0.000789. The summed E-state index contributed by atoms with van der Waals surface area (Å²) < 4.78 is 28.6. The predicted octanol–water partition coefficient (Wildman–Crippen LogP) is 2.17. The molecule has 116 valence electrons. The van der Waals surface area contributed by atoms with Gasteiger partial charge in [-0.15, -0.1) is 0 Å². The van der Waals surface area contributed by atoms with Gasteiger partial charge in [0.1, 0.15) is 4.90 Å².